The van der Waals surface area contributed by atoms with E-state index in [0.29, 0.717) is 33.7 Å². The molecule has 0 fully saturated rings. The van der Waals surface area contributed by atoms with Crippen LogP contribution in [0.1, 0.15) is 46.1 Å². The average Bonchev–Trinajstić information content (AvgIpc) is 3.18. The van der Waals surface area contributed by atoms with Crippen molar-refractivity contribution in [3.63, 3.8) is 0 Å². The molecule has 7 heteroatoms. The second kappa shape index (κ2) is 10.2. The number of ether oxygens (including phenoxy) is 2. The molecule has 0 saturated carbocycles. The van der Waals surface area contributed by atoms with Crippen LogP contribution in [0.25, 0.3) is 0 Å². The Morgan fingerprint density at radius 3 is 2.75 bits per heavy atom. The highest BCUT2D eigenvalue weighted by atomic mass is 35.5. The first-order chi connectivity index (χ1) is 15.6. The Kier molecular flexibility index (Phi) is 7.12. The van der Waals surface area contributed by atoms with Gasteiger partial charge in [-0.3, -0.25) is 4.79 Å². The van der Waals surface area contributed by atoms with E-state index in [-0.39, 0.29) is 5.91 Å². The Bertz CT molecular complexity index is 1140. The van der Waals surface area contributed by atoms with Crippen LogP contribution in [-0.4, -0.2) is 25.8 Å². The Morgan fingerprint density at radius 2 is 2.00 bits per heavy atom. The standard InChI is InChI=1S/C25H25ClN2O3S/c1-3-31-23-19(26)13-16(14-20(23)30-2)15-27-25-22(18-11-7-8-12-21(18)32-25)24(29)28-17-9-5-4-6-10-17/h4-6,9-10,13-15H,3,7-8,11-12H2,1-2H3,(H,28,29). The Balaban J connectivity index is 1.68. The molecule has 1 aliphatic rings. The molecule has 4 rings (SSSR count). The number of amides is 1. The van der Waals surface area contributed by atoms with Gasteiger partial charge < -0.3 is 14.8 Å². The quantitative estimate of drug-likeness (QED) is 0.393. The molecule has 166 valence electrons. The summed E-state index contributed by atoms with van der Waals surface area (Å²) in [6, 6.07) is 13.1. The van der Waals surface area contributed by atoms with E-state index in [1.807, 2.05) is 43.3 Å². The Labute approximate surface area is 197 Å². The minimum atomic E-state index is -0.120. The first-order valence-electron chi connectivity index (χ1n) is 10.7. The number of carbonyl (C=O) groups is 1. The third-order valence-electron chi connectivity index (χ3n) is 5.28. The zero-order chi connectivity index (χ0) is 22.5. The van der Waals surface area contributed by atoms with E-state index in [9.17, 15) is 4.79 Å². The van der Waals surface area contributed by atoms with Crippen LogP contribution in [0.5, 0.6) is 11.5 Å². The Hall–Kier alpha value is -2.83. The maximum absolute atomic E-state index is 13.2. The van der Waals surface area contributed by atoms with E-state index >= 15 is 0 Å². The molecule has 3 aromatic rings. The molecule has 0 aliphatic heterocycles. The van der Waals surface area contributed by atoms with Crippen LogP contribution in [0.2, 0.25) is 5.02 Å². The molecular formula is C25H25ClN2O3S. The van der Waals surface area contributed by atoms with Crippen molar-refractivity contribution in [2.45, 2.75) is 32.6 Å². The van der Waals surface area contributed by atoms with Gasteiger partial charge >= 0.3 is 0 Å². The van der Waals surface area contributed by atoms with Crippen molar-refractivity contribution < 1.29 is 14.3 Å². The van der Waals surface area contributed by atoms with E-state index in [1.165, 1.54) is 4.88 Å². The third-order valence-corrected chi connectivity index (χ3v) is 6.76. The number of carbonyl (C=O) groups excluding carboxylic acids is 1. The first kappa shape index (κ1) is 22.4. The fourth-order valence-electron chi connectivity index (χ4n) is 3.82. The molecule has 1 amide bonds. The topological polar surface area (TPSA) is 59.9 Å². The van der Waals surface area contributed by atoms with E-state index in [4.69, 9.17) is 26.1 Å². The lowest BCUT2D eigenvalue weighted by molar-refractivity contribution is 0.102. The average molecular weight is 469 g/mol. The molecule has 0 spiro atoms. The zero-order valence-corrected chi connectivity index (χ0v) is 19.7. The lowest BCUT2D eigenvalue weighted by atomic mass is 9.95. The van der Waals surface area contributed by atoms with Gasteiger partial charge in [-0.15, -0.1) is 11.3 Å². The molecule has 2 aromatic carbocycles. The fourth-order valence-corrected chi connectivity index (χ4v) is 5.33. The molecule has 5 nitrogen and oxygen atoms in total. The summed E-state index contributed by atoms with van der Waals surface area (Å²) in [5, 5.41) is 4.19. The number of anilines is 1. The van der Waals surface area contributed by atoms with Gasteiger partial charge in [-0.1, -0.05) is 29.8 Å². The molecule has 32 heavy (non-hydrogen) atoms. The number of halogens is 1. The van der Waals surface area contributed by atoms with Crippen molar-refractivity contribution in [2.75, 3.05) is 19.0 Å². The van der Waals surface area contributed by atoms with Gasteiger partial charge in [0.05, 0.1) is 24.3 Å². The SMILES string of the molecule is CCOc1c(Cl)cc(C=Nc2sc3c(c2C(=O)Nc2ccccc2)CCCC3)cc1OC. The van der Waals surface area contributed by atoms with Gasteiger partial charge in [-0.25, -0.2) is 4.99 Å². The smallest absolute Gasteiger partial charge is 0.259 e. The van der Waals surface area contributed by atoms with Crippen LogP contribution in [0.3, 0.4) is 0 Å². The maximum Gasteiger partial charge on any atom is 0.259 e. The lowest BCUT2D eigenvalue weighted by Gasteiger charge is -2.13. The number of methoxy groups -OCH3 is 1. The Morgan fingerprint density at radius 1 is 1.22 bits per heavy atom. The molecule has 1 aliphatic carbocycles. The summed E-state index contributed by atoms with van der Waals surface area (Å²) in [4.78, 5) is 19.2. The van der Waals surface area contributed by atoms with Gasteiger partial charge in [0, 0.05) is 16.8 Å². The summed E-state index contributed by atoms with van der Waals surface area (Å²) in [5.41, 5.74) is 3.35. The van der Waals surface area contributed by atoms with Crippen LogP contribution < -0.4 is 14.8 Å². The van der Waals surface area contributed by atoms with E-state index in [2.05, 4.69) is 5.32 Å². The van der Waals surface area contributed by atoms with E-state index in [0.717, 1.165) is 42.5 Å². The van der Waals surface area contributed by atoms with Crippen LogP contribution in [0, 0.1) is 0 Å². The monoisotopic (exact) mass is 468 g/mol. The first-order valence-corrected chi connectivity index (χ1v) is 11.9. The van der Waals surface area contributed by atoms with Gasteiger partial charge in [-0.2, -0.15) is 0 Å². The fraction of sp³-hybridized carbons (Fsp3) is 0.280. The summed E-state index contributed by atoms with van der Waals surface area (Å²) in [6.45, 7) is 2.38. The van der Waals surface area contributed by atoms with Crippen molar-refractivity contribution in [3.8, 4) is 11.5 Å². The molecule has 0 unspecified atom stereocenters. The van der Waals surface area contributed by atoms with Crippen molar-refractivity contribution in [3.05, 3.63) is 69.1 Å². The summed E-state index contributed by atoms with van der Waals surface area (Å²) in [5.74, 6) is 0.946. The number of nitrogens with one attached hydrogen (secondary N) is 1. The van der Waals surface area contributed by atoms with Crippen LogP contribution in [0.4, 0.5) is 10.7 Å². The van der Waals surface area contributed by atoms with Crippen molar-refractivity contribution in [1.82, 2.24) is 0 Å². The predicted molar refractivity (Wildman–Crippen MR) is 132 cm³/mol. The summed E-state index contributed by atoms with van der Waals surface area (Å²) < 4.78 is 11.0. The molecular weight excluding hydrogens is 444 g/mol. The maximum atomic E-state index is 13.2. The summed E-state index contributed by atoms with van der Waals surface area (Å²) in [7, 11) is 1.58. The number of fused-ring (bicyclic) bond motifs is 1. The predicted octanol–water partition coefficient (Wildman–Crippen LogP) is 6.69. The number of aliphatic imine (C=N–C) groups is 1. The number of nitrogens with zero attached hydrogens (tertiary/aromatic N) is 1. The van der Waals surface area contributed by atoms with Crippen molar-refractivity contribution in [2.24, 2.45) is 4.99 Å². The number of aryl methyl sites for hydroxylation is 1. The van der Waals surface area contributed by atoms with Crippen LogP contribution in [-0.2, 0) is 12.8 Å². The highest BCUT2D eigenvalue weighted by Crippen LogP contribution is 2.41. The van der Waals surface area contributed by atoms with Gasteiger partial charge in [0.2, 0.25) is 0 Å². The highest BCUT2D eigenvalue weighted by molar-refractivity contribution is 7.16. The molecule has 0 radical (unpaired) electrons. The number of benzene rings is 2. The second-order valence-electron chi connectivity index (χ2n) is 7.44. The highest BCUT2D eigenvalue weighted by Gasteiger charge is 2.25. The van der Waals surface area contributed by atoms with Crippen molar-refractivity contribution >= 4 is 45.7 Å². The van der Waals surface area contributed by atoms with Gasteiger partial charge in [0.1, 0.15) is 5.00 Å². The lowest BCUT2D eigenvalue weighted by Crippen LogP contribution is -2.14. The number of rotatable bonds is 7. The minimum Gasteiger partial charge on any atom is -0.493 e. The van der Waals surface area contributed by atoms with Crippen molar-refractivity contribution in [1.29, 1.82) is 0 Å². The molecule has 1 aromatic heterocycles. The third kappa shape index (κ3) is 4.81. The molecule has 1 heterocycles. The molecule has 0 atom stereocenters. The van der Waals surface area contributed by atoms with Gasteiger partial charge in [0.15, 0.2) is 11.5 Å². The van der Waals surface area contributed by atoms with Gasteiger partial charge in [0.25, 0.3) is 5.91 Å². The number of hydrogen-bond donors (Lipinski definition) is 1. The molecule has 1 N–H and O–H groups in total. The van der Waals surface area contributed by atoms with E-state index < -0.39 is 0 Å². The zero-order valence-electron chi connectivity index (χ0n) is 18.1. The largest absolute Gasteiger partial charge is 0.493 e. The number of thiophene rings is 1. The van der Waals surface area contributed by atoms with E-state index in [1.54, 1.807) is 30.7 Å². The normalized spacial score (nSPS) is 13.1. The van der Waals surface area contributed by atoms with Gasteiger partial charge in [-0.05, 0) is 68.0 Å². The summed E-state index contributed by atoms with van der Waals surface area (Å²) in [6.07, 6.45) is 5.85. The molecule has 0 bridgehead atoms. The number of hydrogen-bond acceptors (Lipinski definition) is 5. The second-order valence-corrected chi connectivity index (χ2v) is 8.93. The van der Waals surface area contributed by atoms with Crippen LogP contribution in [0.15, 0.2) is 47.5 Å². The molecule has 0 saturated heterocycles. The summed E-state index contributed by atoms with van der Waals surface area (Å²) >= 11 is 8.00. The minimum absolute atomic E-state index is 0.120. The van der Waals surface area contributed by atoms with Crippen LogP contribution >= 0.6 is 22.9 Å². The number of para-hydroxylation sites is 1.